The summed E-state index contributed by atoms with van der Waals surface area (Å²) in [6, 6.07) is 3.73. The molecule has 7 heteroatoms. The third-order valence-corrected chi connectivity index (χ3v) is 2.59. The molecule has 0 saturated carbocycles. The van der Waals surface area contributed by atoms with Crippen LogP contribution in [0.4, 0.5) is 0 Å². The Morgan fingerprint density at radius 3 is 2.73 bits per heavy atom. The second kappa shape index (κ2) is 4.03. The minimum atomic E-state index is 0.124. The first-order valence-corrected chi connectivity index (χ1v) is 5.01. The average Bonchev–Trinajstić information content (AvgIpc) is 2.87. The van der Waals surface area contributed by atoms with Crippen molar-refractivity contribution in [1.82, 2.24) is 15.3 Å². The van der Waals surface area contributed by atoms with Crippen LogP contribution in [-0.4, -0.2) is 28.2 Å². The van der Waals surface area contributed by atoms with Crippen LogP contribution < -0.4 is 5.32 Å². The van der Waals surface area contributed by atoms with Gasteiger partial charge in [0.15, 0.2) is 21.7 Å². The van der Waals surface area contributed by atoms with E-state index in [1.54, 1.807) is 0 Å². The Balaban J connectivity index is 2.20. The zero-order valence-electron chi connectivity index (χ0n) is 7.61. The van der Waals surface area contributed by atoms with E-state index in [2.05, 4.69) is 20.3 Å². The molecule has 0 unspecified atom stereocenters. The maximum Gasteiger partial charge on any atom is 0.177 e. The van der Waals surface area contributed by atoms with Crippen molar-refractivity contribution >= 4 is 16.9 Å². The lowest BCUT2D eigenvalue weighted by Gasteiger charge is -1.96. The molecule has 2 rings (SSSR count). The molecule has 0 bridgehead atoms. The molecule has 1 aliphatic heterocycles. The number of nitrogens with zero attached hydrogens (tertiary/aromatic N) is 4. The van der Waals surface area contributed by atoms with Gasteiger partial charge < -0.3 is 10.3 Å². The van der Waals surface area contributed by atoms with Crippen molar-refractivity contribution in [3.8, 4) is 12.1 Å². The average molecular weight is 218 g/mol. The van der Waals surface area contributed by atoms with Gasteiger partial charge in [0.1, 0.15) is 12.1 Å². The van der Waals surface area contributed by atoms with Gasteiger partial charge in [0.05, 0.1) is 6.54 Å². The summed E-state index contributed by atoms with van der Waals surface area (Å²) >= 11 is 1.29. The van der Waals surface area contributed by atoms with E-state index in [1.807, 2.05) is 12.1 Å². The van der Waals surface area contributed by atoms with Crippen LogP contribution in [0.2, 0.25) is 0 Å². The van der Waals surface area contributed by atoms with Gasteiger partial charge >= 0.3 is 0 Å². The molecule has 0 aromatic carbocycles. The fourth-order valence-electron chi connectivity index (χ4n) is 1.10. The monoisotopic (exact) mass is 218 g/mol. The molecule has 0 amide bonds. The van der Waals surface area contributed by atoms with Gasteiger partial charge in [-0.2, -0.15) is 10.5 Å². The van der Waals surface area contributed by atoms with Gasteiger partial charge in [-0.15, -0.1) is 0 Å². The molecule has 2 heterocycles. The third-order valence-electron chi connectivity index (χ3n) is 1.74. The minimum absolute atomic E-state index is 0.124. The Bertz CT molecular complexity index is 457. The zero-order valence-corrected chi connectivity index (χ0v) is 8.43. The molecule has 1 aliphatic rings. The van der Waals surface area contributed by atoms with E-state index in [0.29, 0.717) is 5.16 Å². The Morgan fingerprint density at radius 2 is 2.20 bits per heavy atom. The highest BCUT2D eigenvalue weighted by Crippen LogP contribution is 2.18. The number of hydrogen-bond donors (Lipinski definition) is 2. The molecular formula is C8H6N6S. The van der Waals surface area contributed by atoms with Crippen LogP contribution in [0.25, 0.3) is 0 Å². The number of hydrogen-bond acceptors (Lipinski definition) is 6. The summed E-state index contributed by atoms with van der Waals surface area (Å²) < 4.78 is 0. The van der Waals surface area contributed by atoms with Crippen molar-refractivity contribution in [2.45, 2.75) is 5.16 Å². The van der Waals surface area contributed by atoms with E-state index in [9.17, 15) is 0 Å². The minimum Gasteiger partial charge on any atom is -0.363 e. The van der Waals surface area contributed by atoms with E-state index in [4.69, 9.17) is 10.5 Å². The first kappa shape index (κ1) is 9.56. The first-order valence-electron chi connectivity index (χ1n) is 4.20. The molecule has 74 valence electrons. The second-order valence-corrected chi connectivity index (χ2v) is 3.68. The van der Waals surface area contributed by atoms with Crippen molar-refractivity contribution in [3.63, 3.8) is 0 Å². The fraction of sp³-hybridized carbons (Fsp3) is 0.250. The molecule has 0 spiro atoms. The Hall–Kier alpha value is -1.99. The van der Waals surface area contributed by atoms with Crippen molar-refractivity contribution < 1.29 is 0 Å². The number of aromatic amines is 1. The van der Waals surface area contributed by atoms with Crippen LogP contribution in [-0.2, 0) is 0 Å². The highest BCUT2D eigenvalue weighted by atomic mass is 32.2. The topological polar surface area (TPSA) is 101 Å². The predicted molar refractivity (Wildman–Crippen MR) is 54.2 cm³/mol. The molecule has 1 aromatic rings. The van der Waals surface area contributed by atoms with E-state index in [0.717, 1.165) is 18.3 Å². The van der Waals surface area contributed by atoms with Crippen molar-refractivity contribution in [3.05, 3.63) is 11.4 Å². The second-order valence-electron chi connectivity index (χ2n) is 2.70. The maximum atomic E-state index is 8.70. The largest absolute Gasteiger partial charge is 0.363 e. The highest BCUT2D eigenvalue weighted by molar-refractivity contribution is 8.13. The van der Waals surface area contributed by atoms with Crippen LogP contribution in [0, 0.1) is 22.7 Å². The molecule has 6 nitrogen and oxygen atoms in total. The number of aromatic nitrogens is 2. The van der Waals surface area contributed by atoms with Gasteiger partial charge in [0, 0.05) is 6.54 Å². The molecule has 0 aliphatic carbocycles. The number of aliphatic imine (C=N–C) groups is 1. The summed E-state index contributed by atoms with van der Waals surface area (Å²) in [5.74, 6) is 0. The Kier molecular flexibility index (Phi) is 2.57. The van der Waals surface area contributed by atoms with Crippen molar-refractivity contribution in [1.29, 1.82) is 10.5 Å². The fourth-order valence-corrected chi connectivity index (χ4v) is 1.90. The number of imidazole rings is 1. The van der Waals surface area contributed by atoms with Crippen molar-refractivity contribution in [2.75, 3.05) is 13.1 Å². The lowest BCUT2D eigenvalue weighted by Crippen LogP contribution is -2.14. The molecule has 1 aromatic heterocycles. The number of thioether (sulfide) groups is 1. The van der Waals surface area contributed by atoms with Gasteiger partial charge in [-0.05, 0) is 11.8 Å². The highest BCUT2D eigenvalue weighted by Gasteiger charge is 2.13. The van der Waals surface area contributed by atoms with Gasteiger partial charge in [-0.1, -0.05) is 0 Å². The molecule has 0 fully saturated rings. The normalized spacial score (nSPS) is 13.9. The smallest absolute Gasteiger partial charge is 0.177 e. The number of nitrogens with one attached hydrogen (secondary N) is 2. The van der Waals surface area contributed by atoms with Gasteiger partial charge in [-0.3, -0.25) is 4.99 Å². The molecule has 0 saturated heterocycles. The number of H-pyrrole nitrogens is 1. The number of rotatable bonds is 1. The SMILES string of the molecule is N#Cc1nc(SC2=NCCN2)[nH]c1C#N. The van der Waals surface area contributed by atoms with Crippen LogP contribution in [0.5, 0.6) is 0 Å². The Morgan fingerprint density at radius 1 is 1.33 bits per heavy atom. The number of nitriles is 2. The molecule has 0 radical (unpaired) electrons. The van der Waals surface area contributed by atoms with Crippen LogP contribution in [0.15, 0.2) is 10.1 Å². The van der Waals surface area contributed by atoms with Gasteiger partial charge in [-0.25, -0.2) is 4.98 Å². The Labute approximate surface area is 90.0 Å². The lowest BCUT2D eigenvalue weighted by molar-refractivity contribution is 0.963. The quantitative estimate of drug-likeness (QED) is 0.701. The van der Waals surface area contributed by atoms with E-state index >= 15 is 0 Å². The van der Waals surface area contributed by atoms with E-state index in [1.165, 1.54) is 11.8 Å². The van der Waals surface area contributed by atoms with Crippen molar-refractivity contribution in [2.24, 2.45) is 4.99 Å². The summed E-state index contributed by atoms with van der Waals surface area (Å²) in [6.07, 6.45) is 0. The third kappa shape index (κ3) is 1.92. The summed E-state index contributed by atoms with van der Waals surface area (Å²) in [7, 11) is 0. The molecular weight excluding hydrogens is 212 g/mol. The van der Waals surface area contributed by atoms with E-state index < -0.39 is 0 Å². The zero-order chi connectivity index (χ0) is 10.7. The van der Waals surface area contributed by atoms with E-state index in [-0.39, 0.29) is 11.4 Å². The standard InChI is InChI=1S/C8H6N6S/c9-3-5-6(4-10)14-8(13-5)15-7-11-1-2-12-7/h1-2H2,(H,11,12)(H,13,14). The lowest BCUT2D eigenvalue weighted by atomic mass is 10.4. The molecule has 0 atom stereocenters. The summed E-state index contributed by atoms with van der Waals surface area (Å²) in [4.78, 5) is 10.9. The summed E-state index contributed by atoms with van der Waals surface area (Å²) in [5, 5.41) is 21.7. The summed E-state index contributed by atoms with van der Waals surface area (Å²) in [6.45, 7) is 1.57. The maximum absolute atomic E-state index is 8.70. The van der Waals surface area contributed by atoms with Crippen LogP contribution in [0.3, 0.4) is 0 Å². The summed E-state index contributed by atoms with van der Waals surface area (Å²) in [5.41, 5.74) is 0.317. The van der Waals surface area contributed by atoms with Gasteiger partial charge in [0.2, 0.25) is 0 Å². The molecule has 15 heavy (non-hydrogen) atoms. The van der Waals surface area contributed by atoms with Crippen LogP contribution >= 0.6 is 11.8 Å². The predicted octanol–water partition coefficient (Wildman–Crippen LogP) is 0.204. The molecule has 2 N–H and O–H groups in total. The first-order chi connectivity index (χ1) is 7.33. The van der Waals surface area contributed by atoms with Gasteiger partial charge in [0.25, 0.3) is 0 Å². The number of amidine groups is 1. The van der Waals surface area contributed by atoms with Crippen LogP contribution in [0.1, 0.15) is 11.4 Å².